The summed E-state index contributed by atoms with van der Waals surface area (Å²) < 4.78 is 5.19. The molecule has 1 aromatic heterocycles. The van der Waals surface area contributed by atoms with Crippen LogP contribution in [-0.2, 0) is 6.42 Å². The smallest absolute Gasteiger partial charge is 0.334 e. The molecule has 2 aromatic carbocycles. The molecule has 0 radical (unpaired) electrons. The molecule has 0 spiro atoms. The van der Waals surface area contributed by atoms with Gasteiger partial charge in [0.05, 0.1) is 4.92 Å². The van der Waals surface area contributed by atoms with Crippen LogP contribution in [0.4, 0.5) is 5.69 Å². The third kappa shape index (κ3) is 4.41. The Morgan fingerprint density at radius 1 is 1.19 bits per heavy atom. The van der Waals surface area contributed by atoms with Gasteiger partial charge in [-0.1, -0.05) is 59.2 Å². The molecule has 0 aliphatic heterocycles. The summed E-state index contributed by atoms with van der Waals surface area (Å²) in [5.41, 5.74) is 1.53. The van der Waals surface area contributed by atoms with E-state index in [0.29, 0.717) is 10.6 Å². The fraction of sp³-hybridized carbons (Fsp3) is 0.200. The van der Waals surface area contributed by atoms with E-state index in [1.807, 2.05) is 18.2 Å². The zero-order chi connectivity index (χ0) is 19.4. The maximum absolute atomic E-state index is 12.7. The van der Waals surface area contributed by atoms with Crippen LogP contribution in [-0.4, -0.2) is 15.9 Å². The van der Waals surface area contributed by atoms with Crippen LogP contribution >= 0.6 is 11.6 Å². The Labute approximate surface area is 160 Å². The van der Waals surface area contributed by atoms with Gasteiger partial charge in [-0.05, 0) is 30.5 Å². The summed E-state index contributed by atoms with van der Waals surface area (Å²) in [7, 11) is 0. The van der Waals surface area contributed by atoms with E-state index in [1.165, 1.54) is 6.92 Å². The van der Waals surface area contributed by atoms with Crippen LogP contribution < -0.4 is 0 Å². The van der Waals surface area contributed by atoms with Crippen LogP contribution in [0.5, 0.6) is 0 Å². The van der Waals surface area contributed by atoms with Gasteiger partial charge in [0.1, 0.15) is 0 Å². The molecule has 0 saturated heterocycles. The molecule has 0 aliphatic rings. The minimum absolute atomic E-state index is 0.0468. The fourth-order valence-corrected chi connectivity index (χ4v) is 3.14. The van der Waals surface area contributed by atoms with Gasteiger partial charge in [-0.15, -0.1) is 0 Å². The number of rotatable bonds is 7. The molecule has 1 atom stereocenters. The lowest BCUT2D eigenvalue weighted by Crippen LogP contribution is -2.11. The van der Waals surface area contributed by atoms with Crippen molar-refractivity contribution in [1.82, 2.24) is 5.16 Å². The Morgan fingerprint density at radius 3 is 2.48 bits per heavy atom. The van der Waals surface area contributed by atoms with Crippen molar-refractivity contribution >= 4 is 23.1 Å². The molecule has 27 heavy (non-hydrogen) atoms. The van der Waals surface area contributed by atoms with Crippen LogP contribution in [0.25, 0.3) is 0 Å². The lowest BCUT2D eigenvalue weighted by atomic mass is 9.88. The SMILES string of the molecule is Cc1noc(CC(CC(=O)c2ccccc2)c2ccc(Cl)cc2)c1[N+](=O)[O-]. The first kappa shape index (κ1) is 18.8. The Hall–Kier alpha value is -2.99. The predicted molar refractivity (Wildman–Crippen MR) is 101 cm³/mol. The number of hydrogen-bond donors (Lipinski definition) is 0. The molecule has 0 saturated carbocycles. The number of benzene rings is 2. The van der Waals surface area contributed by atoms with Gasteiger partial charge in [0.15, 0.2) is 11.5 Å². The first-order valence-electron chi connectivity index (χ1n) is 8.39. The number of ketones is 1. The molecule has 1 heterocycles. The van der Waals surface area contributed by atoms with Crippen molar-refractivity contribution in [2.75, 3.05) is 0 Å². The number of aromatic nitrogens is 1. The Morgan fingerprint density at radius 2 is 1.85 bits per heavy atom. The minimum atomic E-state index is -0.501. The normalized spacial score (nSPS) is 11.9. The predicted octanol–water partition coefficient (Wildman–Crippen LogP) is 5.14. The third-order valence-electron chi connectivity index (χ3n) is 4.38. The van der Waals surface area contributed by atoms with Crippen LogP contribution in [0.1, 0.15) is 39.7 Å². The largest absolute Gasteiger partial charge is 0.354 e. The highest BCUT2D eigenvalue weighted by atomic mass is 35.5. The molecule has 7 heteroatoms. The molecule has 6 nitrogen and oxygen atoms in total. The molecule has 1 unspecified atom stereocenters. The van der Waals surface area contributed by atoms with E-state index in [1.54, 1.807) is 36.4 Å². The zero-order valence-electron chi connectivity index (χ0n) is 14.6. The van der Waals surface area contributed by atoms with E-state index in [4.69, 9.17) is 16.1 Å². The summed E-state index contributed by atoms with van der Waals surface area (Å²) in [5.74, 6) is -0.186. The van der Waals surface area contributed by atoms with Crippen molar-refractivity contribution in [2.24, 2.45) is 0 Å². The lowest BCUT2D eigenvalue weighted by molar-refractivity contribution is -0.386. The monoisotopic (exact) mass is 384 g/mol. The van der Waals surface area contributed by atoms with Gasteiger partial charge in [0.25, 0.3) is 0 Å². The van der Waals surface area contributed by atoms with E-state index in [9.17, 15) is 14.9 Å². The van der Waals surface area contributed by atoms with Crippen molar-refractivity contribution in [3.05, 3.63) is 92.3 Å². The number of halogens is 1. The van der Waals surface area contributed by atoms with Gasteiger partial charge in [-0.3, -0.25) is 14.9 Å². The van der Waals surface area contributed by atoms with E-state index < -0.39 is 4.92 Å². The number of hydrogen-bond acceptors (Lipinski definition) is 5. The van der Waals surface area contributed by atoms with E-state index in [0.717, 1.165) is 5.56 Å². The van der Waals surface area contributed by atoms with Crippen molar-refractivity contribution in [2.45, 2.75) is 25.7 Å². The molecule has 3 aromatic rings. The summed E-state index contributed by atoms with van der Waals surface area (Å²) in [6.07, 6.45) is 0.375. The second-order valence-electron chi connectivity index (χ2n) is 6.24. The summed E-state index contributed by atoms with van der Waals surface area (Å²) in [5, 5.41) is 15.6. The van der Waals surface area contributed by atoms with Gasteiger partial charge >= 0.3 is 5.69 Å². The molecule has 0 bridgehead atoms. The van der Waals surface area contributed by atoms with Gasteiger partial charge in [-0.2, -0.15) is 0 Å². The van der Waals surface area contributed by atoms with E-state index >= 15 is 0 Å². The van der Waals surface area contributed by atoms with Crippen LogP contribution in [0, 0.1) is 17.0 Å². The Balaban J connectivity index is 1.92. The Kier molecular flexibility index (Phi) is 5.66. The topological polar surface area (TPSA) is 86.2 Å². The average Bonchev–Trinajstić information content (AvgIpc) is 3.03. The quantitative estimate of drug-likeness (QED) is 0.319. The molecule has 0 fully saturated rings. The molecule has 3 rings (SSSR count). The second-order valence-corrected chi connectivity index (χ2v) is 6.68. The molecular weight excluding hydrogens is 368 g/mol. The van der Waals surface area contributed by atoms with E-state index in [2.05, 4.69) is 5.16 Å². The summed E-state index contributed by atoms with van der Waals surface area (Å²) in [6.45, 7) is 1.53. The molecular formula is C20H17ClN2O4. The van der Waals surface area contributed by atoms with Gasteiger partial charge in [-0.25, -0.2) is 0 Å². The number of carbonyl (C=O) groups excluding carboxylic acids is 1. The first-order valence-corrected chi connectivity index (χ1v) is 8.76. The number of nitro groups is 1. The van der Waals surface area contributed by atoms with Crippen molar-refractivity contribution < 1.29 is 14.2 Å². The standard InChI is InChI=1S/C20H17ClN2O4/c1-13-20(23(25)26)19(27-22-13)12-16(14-7-9-17(21)10-8-14)11-18(24)15-5-3-2-4-6-15/h2-10,16H,11-12H2,1H3. The molecule has 138 valence electrons. The number of Topliss-reactive ketones (excluding diaryl/α,β-unsaturated/α-hetero) is 1. The summed E-state index contributed by atoms with van der Waals surface area (Å²) >= 11 is 5.96. The van der Waals surface area contributed by atoms with Crippen molar-refractivity contribution in [1.29, 1.82) is 0 Å². The van der Waals surface area contributed by atoms with Crippen molar-refractivity contribution in [3.63, 3.8) is 0 Å². The van der Waals surface area contributed by atoms with Crippen LogP contribution in [0.3, 0.4) is 0 Å². The second kappa shape index (κ2) is 8.14. The van der Waals surface area contributed by atoms with Gasteiger partial charge in [0, 0.05) is 23.4 Å². The lowest BCUT2D eigenvalue weighted by Gasteiger charge is -2.15. The molecule has 0 aliphatic carbocycles. The first-order chi connectivity index (χ1) is 13.0. The number of nitrogens with zero attached hydrogens (tertiary/aromatic N) is 2. The zero-order valence-corrected chi connectivity index (χ0v) is 15.3. The fourth-order valence-electron chi connectivity index (χ4n) is 3.01. The minimum Gasteiger partial charge on any atom is -0.354 e. The maximum Gasteiger partial charge on any atom is 0.334 e. The average molecular weight is 385 g/mol. The Bertz CT molecular complexity index is 952. The van der Waals surface area contributed by atoms with Crippen LogP contribution in [0.15, 0.2) is 59.1 Å². The molecule has 0 amide bonds. The van der Waals surface area contributed by atoms with Gasteiger partial charge < -0.3 is 4.52 Å². The van der Waals surface area contributed by atoms with Gasteiger partial charge in [0.2, 0.25) is 5.76 Å². The highest BCUT2D eigenvalue weighted by Crippen LogP contribution is 2.32. The van der Waals surface area contributed by atoms with Crippen molar-refractivity contribution in [3.8, 4) is 0 Å². The highest BCUT2D eigenvalue weighted by molar-refractivity contribution is 6.30. The summed E-state index contributed by atoms with van der Waals surface area (Å²) in [4.78, 5) is 23.5. The number of aryl methyl sites for hydroxylation is 1. The summed E-state index contributed by atoms with van der Waals surface area (Å²) in [6, 6.07) is 16.1. The maximum atomic E-state index is 12.7. The third-order valence-corrected chi connectivity index (χ3v) is 4.63. The van der Waals surface area contributed by atoms with Crippen LogP contribution in [0.2, 0.25) is 5.02 Å². The molecule has 0 N–H and O–H groups in total. The highest BCUT2D eigenvalue weighted by Gasteiger charge is 2.28. The number of carbonyl (C=O) groups is 1. The van der Waals surface area contributed by atoms with E-state index in [-0.39, 0.29) is 41.7 Å².